The van der Waals surface area contributed by atoms with Gasteiger partial charge in [0.25, 0.3) is 0 Å². The number of aromatic carboxylic acids is 1. The molecule has 0 fully saturated rings. The van der Waals surface area contributed by atoms with Gasteiger partial charge in [-0.2, -0.15) is 0 Å². The Hall–Kier alpha value is -1.70. The molecule has 1 aliphatic heterocycles. The standard InChI is InChI=1S/C7H7N3O4S/c8-5-3-1-15(13,14)2-4(3)9-6(10-5)7(11)12/h1-2H2,(H,11,12)(H2,8,9,10). The molecule has 1 aromatic heterocycles. The lowest BCUT2D eigenvalue weighted by Gasteiger charge is -2.01. The van der Waals surface area contributed by atoms with Crippen LogP contribution >= 0.6 is 0 Å². The van der Waals surface area contributed by atoms with E-state index in [0.717, 1.165) is 0 Å². The molecule has 0 saturated carbocycles. The maximum atomic E-state index is 11.3. The summed E-state index contributed by atoms with van der Waals surface area (Å²) in [5.41, 5.74) is 5.97. The Balaban J connectivity index is 2.61. The molecule has 3 N–H and O–H groups in total. The summed E-state index contributed by atoms with van der Waals surface area (Å²) < 4.78 is 22.5. The van der Waals surface area contributed by atoms with Crippen molar-refractivity contribution in [3.05, 3.63) is 17.1 Å². The van der Waals surface area contributed by atoms with Gasteiger partial charge < -0.3 is 10.8 Å². The molecule has 0 spiro atoms. The van der Waals surface area contributed by atoms with E-state index in [-0.39, 0.29) is 23.0 Å². The smallest absolute Gasteiger partial charge is 0.374 e. The van der Waals surface area contributed by atoms with E-state index in [1.165, 1.54) is 0 Å². The van der Waals surface area contributed by atoms with Gasteiger partial charge in [0.05, 0.1) is 17.2 Å². The molecule has 0 aliphatic carbocycles. The van der Waals surface area contributed by atoms with Gasteiger partial charge in [0.2, 0.25) is 5.82 Å². The quantitative estimate of drug-likeness (QED) is 0.645. The molecule has 0 aromatic carbocycles. The van der Waals surface area contributed by atoms with Crippen LogP contribution in [0.2, 0.25) is 0 Å². The maximum absolute atomic E-state index is 11.3. The molecule has 0 saturated heterocycles. The predicted octanol–water partition coefficient (Wildman–Crippen LogP) is -0.815. The van der Waals surface area contributed by atoms with Crippen molar-refractivity contribution in [3.63, 3.8) is 0 Å². The fraction of sp³-hybridized carbons (Fsp3) is 0.286. The van der Waals surface area contributed by atoms with E-state index in [4.69, 9.17) is 10.8 Å². The number of carbonyl (C=O) groups is 1. The minimum Gasteiger partial charge on any atom is -0.475 e. The van der Waals surface area contributed by atoms with E-state index < -0.39 is 21.6 Å². The Morgan fingerprint density at radius 3 is 2.60 bits per heavy atom. The molecule has 0 radical (unpaired) electrons. The lowest BCUT2D eigenvalue weighted by molar-refractivity contribution is 0.0683. The maximum Gasteiger partial charge on any atom is 0.374 e. The molecular weight excluding hydrogens is 222 g/mol. The van der Waals surface area contributed by atoms with Crippen molar-refractivity contribution in [2.24, 2.45) is 0 Å². The van der Waals surface area contributed by atoms with E-state index in [1.54, 1.807) is 0 Å². The first-order valence-electron chi connectivity index (χ1n) is 3.98. The Kier molecular flexibility index (Phi) is 1.90. The molecule has 8 heteroatoms. The number of hydrogen-bond donors (Lipinski definition) is 2. The number of nitrogen functional groups attached to an aromatic ring is 1. The topological polar surface area (TPSA) is 123 Å². The van der Waals surface area contributed by atoms with Crippen LogP contribution in [0.5, 0.6) is 0 Å². The molecular formula is C7H7N3O4S. The minimum absolute atomic E-state index is 0.0709. The van der Waals surface area contributed by atoms with Crippen LogP contribution in [0.3, 0.4) is 0 Å². The van der Waals surface area contributed by atoms with Crippen LogP contribution in [0, 0.1) is 0 Å². The van der Waals surface area contributed by atoms with Crippen LogP contribution in [0.1, 0.15) is 21.9 Å². The zero-order valence-electron chi connectivity index (χ0n) is 7.47. The van der Waals surface area contributed by atoms with Crippen molar-refractivity contribution < 1.29 is 18.3 Å². The van der Waals surface area contributed by atoms with Crippen LogP contribution in [0.15, 0.2) is 0 Å². The molecule has 2 rings (SSSR count). The second-order valence-corrected chi connectivity index (χ2v) is 5.26. The third-order valence-corrected chi connectivity index (χ3v) is 3.48. The number of rotatable bonds is 1. The summed E-state index contributed by atoms with van der Waals surface area (Å²) in [7, 11) is -3.25. The minimum atomic E-state index is -3.25. The van der Waals surface area contributed by atoms with Gasteiger partial charge in [0.15, 0.2) is 9.84 Å². The van der Waals surface area contributed by atoms with Gasteiger partial charge in [0.1, 0.15) is 5.82 Å². The second-order valence-electron chi connectivity index (χ2n) is 3.20. The summed E-state index contributed by atoms with van der Waals surface area (Å²) in [6, 6.07) is 0. The highest BCUT2D eigenvalue weighted by atomic mass is 32.2. The molecule has 0 atom stereocenters. The normalized spacial score (nSPS) is 17.3. The van der Waals surface area contributed by atoms with Gasteiger partial charge in [0, 0.05) is 5.56 Å². The van der Waals surface area contributed by atoms with E-state index in [9.17, 15) is 13.2 Å². The van der Waals surface area contributed by atoms with Crippen LogP contribution in [0.25, 0.3) is 0 Å². The van der Waals surface area contributed by atoms with Gasteiger partial charge >= 0.3 is 5.97 Å². The molecule has 7 nitrogen and oxygen atoms in total. The highest BCUT2D eigenvalue weighted by molar-refractivity contribution is 7.90. The predicted molar refractivity (Wildman–Crippen MR) is 49.7 cm³/mol. The number of nitrogens with two attached hydrogens (primary N) is 1. The number of nitrogens with zero attached hydrogens (tertiary/aromatic N) is 2. The number of carboxylic acid groups (broad SMARTS) is 1. The molecule has 0 bridgehead atoms. The third kappa shape index (κ3) is 1.63. The van der Waals surface area contributed by atoms with Crippen LogP contribution < -0.4 is 5.73 Å². The Morgan fingerprint density at radius 2 is 2.00 bits per heavy atom. The van der Waals surface area contributed by atoms with Gasteiger partial charge in [-0.3, -0.25) is 0 Å². The van der Waals surface area contributed by atoms with Crippen molar-refractivity contribution in [1.82, 2.24) is 9.97 Å². The average molecular weight is 229 g/mol. The number of anilines is 1. The first-order chi connectivity index (χ1) is 6.89. The highest BCUT2D eigenvalue weighted by Crippen LogP contribution is 2.26. The summed E-state index contributed by atoms with van der Waals surface area (Å²) in [5.74, 6) is -2.35. The zero-order valence-corrected chi connectivity index (χ0v) is 8.28. The molecule has 1 aliphatic rings. The number of hydrogen-bond acceptors (Lipinski definition) is 6. The molecule has 0 amide bonds. The van der Waals surface area contributed by atoms with E-state index in [2.05, 4.69) is 9.97 Å². The van der Waals surface area contributed by atoms with Gasteiger partial charge in [-0.25, -0.2) is 23.2 Å². The Morgan fingerprint density at radius 1 is 1.33 bits per heavy atom. The van der Waals surface area contributed by atoms with Crippen LogP contribution in [-0.4, -0.2) is 29.5 Å². The van der Waals surface area contributed by atoms with Crippen molar-refractivity contribution in [3.8, 4) is 0 Å². The molecule has 15 heavy (non-hydrogen) atoms. The van der Waals surface area contributed by atoms with E-state index in [1.807, 2.05) is 0 Å². The van der Waals surface area contributed by atoms with E-state index >= 15 is 0 Å². The van der Waals surface area contributed by atoms with Gasteiger partial charge in [-0.05, 0) is 0 Å². The number of sulfone groups is 1. The number of fused-ring (bicyclic) bond motifs is 1. The summed E-state index contributed by atoms with van der Waals surface area (Å²) >= 11 is 0. The van der Waals surface area contributed by atoms with Crippen molar-refractivity contribution in [2.45, 2.75) is 11.5 Å². The first kappa shape index (κ1) is 9.84. The second kappa shape index (κ2) is 2.89. The highest BCUT2D eigenvalue weighted by Gasteiger charge is 2.30. The molecule has 1 aromatic rings. The van der Waals surface area contributed by atoms with E-state index in [0.29, 0.717) is 5.56 Å². The fourth-order valence-corrected chi connectivity index (χ4v) is 2.91. The molecule has 2 heterocycles. The third-order valence-electron chi connectivity index (χ3n) is 2.04. The molecule has 80 valence electrons. The van der Waals surface area contributed by atoms with Crippen LogP contribution in [0.4, 0.5) is 5.82 Å². The summed E-state index contributed by atoms with van der Waals surface area (Å²) in [6.07, 6.45) is 0. The monoisotopic (exact) mass is 229 g/mol. The summed E-state index contributed by atoms with van der Waals surface area (Å²) in [6.45, 7) is 0. The summed E-state index contributed by atoms with van der Waals surface area (Å²) in [4.78, 5) is 17.7. The number of carboxylic acids is 1. The summed E-state index contributed by atoms with van der Waals surface area (Å²) in [5, 5.41) is 8.64. The van der Waals surface area contributed by atoms with Crippen molar-refractivity contribution in [2.75, 3.05) is 5.73 Å². The van der Waals surface area contributed by atoms with Crippen molar-refractivity contribution >= 4 is 21.6 Å². The van der Waals surface area contributed by atoms with Gasteiger partial charge in [-0.15, -0.1) is 0 Å². The Bertz CT molecular complexity index is 552. The van der Waals surface area contributed by atoms with Crippen molar-refractivity contribution in [1.29, 1.82) is 0 Å². The lowest BCUT2D eigenvalue weighted by atomic mass is 10.2. The zero-order chi connectivity index (χ0) is 11.2. The van der Waals surface area contributed by atoms with Gasteiger partial charge in [-0.1, -0.05) is 0 Å². The number of aromatic nitrogens is 2. The first-order valence-corrected chi connectivity index (χ1v) is 5.80. The van der Waals surface area contributed by atoms with Crippen LogP contribution in [-0.2, 0) is 21.3 Å². The molecule has 0 unspecified atom stereocenters. The average Bonchev–Trinajstić information content (AvgIpc) is 2.39. The Labute approximate surface area is 84.9 Å². The fourth-order valence-electron chi connectivity index (χ4n) is 1.40. The lowest BCUT2D eigenvalue weighted by Crippen LogP contribution is -2.10. The SMILES string of the molecule is Nc1nc(C(=O)O)nc2c1CS(=O)(=O)C2. The largest absolute Gasteiger partial charge is 0.475 e.